The highest BCUT2D eigenvalue weighted by Gasteiger charge is 2.33. The van der Waals surface area contributed by atoms with Gasteiger partial charge in [-0.25, -0.2) is 0 Å². The van der Waals surface area contributed by atoms with Crippen LogP contribution in [-0.4, -0.2) is 65.4 Å². The van der Waals surface area contributed by atoms with Gasteiger partial charge in [-0.3, -0.25) is 10.00 Å². The predicted molar refractivity (Wildman–Crippen MR) is 73.9 cm³/mol. The molecule has 2 saturated heterocycles. The Labute approximate surface area is 114 Å². The molecule has 0 aliphatic carbocycles. The number of rotatable bonds is 5. The largest absolute Gasteiger partial charge is 0.380 e. The number of nitrogens with one attached hydrogen (secondary N) is 1. The molecule has 3 rings (SSSR count). The molecule has 106 valence electrons. The fourth-order valence-electron chi connectivity index (χ4n) is 3.35. The highest BCUT2D eigenvalue weighted by atomic mass is 16.5. The van der Waals surface area contributed by atoms with E-state index in [4.69, 9.17) is 4.74 Å². The second-order valence-electron chi connectivity index (χ2n) is 5.77. The van der Waals surface area contributed by atoms with Crippen LogP contribution in [0.2, 0.25) is 0 Å². The molecule has 1 N–H and O–H groups in total. The molecule has 5 nitrogen and oxygen atoms in total. The highest BCUT2D eigenvalue weighted by Crippen LogP contribution is 2.23. The van der Waals surface area contributed by atoms with E-state index < -0.39 is 0 Å². The van der Waals surface area contributed by atoms with Crippen molar-refractivity contribution in [3.63, 3.8) is 0 Å². The first-order chi connectivity index (χ1) is 9.35. The topological polar surface area (TPSA) is 44.4 Å². The zero-order valence-electron chi connectivity index (χ0n) is 11.7. The quantitative estimate of drug-likeness (QED) is 0.865. The van der Waals surface area contributed by atoms with Gasteiger partial charge in [0.05, 0.1) is 6.10 Å². The average molecular weight is 264 g/mol. The number of hydrogen-bond donors (Lipinski definition) is 1. The van der Waals surface area contributed by atoms with Gasteiger partial charge in [0.2, 0.25) is 0 Å². The predicted octanol–water partition coefficient (Wildman–Crippen LogP) is 1.09. The lowest BCUT2D eigenvalue weighted by molar-refractivity contribution is 0.107. The number of H-pyrrole nitrogens is 1. The lowest BCUT2D eigenvalue weighted by atomic mass is 10.2. The highest BCUT2D eigenvalue weighted by molar-refractivity contribution is 5.00. The van der Waals surface area contributed by atoms with E-state index in [0.29, 0.717) is 12.1 Å². The van der Waals surface area contributed by atoms with Gasteiger partial charge in [0.1, 0.15) is 0 Å². The Morgan fingerprint density at radius 2 is 2.26 bits per heavy atom. The van der Waals surface area contributed by atoms with Crippen molar-refractivity contribution >= 4 is 0 Å². The van der Waals surface area contributed by atoms with Crippen molar-refractivity contribution in [1.82, 2.24) is 20.0 Å². The first-order valence-electron chi connectivity index (χ1n) is 7.32. The van der Waals surface area contributed by atoms with Crippen LogP contribution in [0.4, 0.5) is 0 Å². The molecule has 2 aliphatic rings. The summed E-state index contributed by atoms with van der Waals surface area (Å²) in [7, 11) is 1.83. The number of ether oxygens (including phenoxy) is 1. The van der Waals surface area contributed by atoms with Crippen LogP contribution in [0.5, 0.6) is 0 Å². The van der Waals surface area contributed by atoms with Crippen LogP contribution < -0.4 is 0 Å². The average Bonchev–Trinajstić information content (AvgIpc) is 3.13. The number of methoxy groups -OCH3 is 1. The molecule has 5 heteroatoms. The maximum atomic E-state index is 5.57. The molecule has 1 aromatic heterocycles. The van der Waals surface area contributed by atoms with Crippen LogP contribution in [0.15, 0.2) is 12.3 Å². The molecule has 3 heterocycles. The van der Waals surface area contributed by atoms with Crippen LogP contribution in [0.3, 0.4) is 0 Å². The number of hydrogen-bond acceptors (Lipinski definition) is 4. The third-order valence-electron chi connectivity index (χ3n) is 4.42. The number of nitrogens with zero attached hydrogens (tertiary/aromatic N) is 3. The Morgan fingerprint density at radius 1 is 1.42 bits per heavy atom. The van der Waals surface area contributed by atoms with Gasteiger partial charge in [-0.2, -0.15) is 5.10 Å². The van der Waals surface area contributed by atoms with Gasteiger partial charge in [0, 0.05) is 44.7 Å². The first-order valence-corrected chi connectivity index (χ1v) is 7.32. The Bertz CT molecular complexity index is 375. The molecular weight excluding hydrogens is 240 g/mol. The number of likely N-dealkylation sites (tertiary alicyclic amines) is 2. The van der Waals surface area contributed by atoms with Crippen LogP contribution in [0.1, 0.15) is 25.0 Å². The molecule has 2 fully saturated rings. The minimum Gasteiger partial charge on any atom is -0.380 e. The van der Waals surface area contributed by atoms with Gasteiger partial charge in [-0.05, 0) is 38.4 Å². The zero-order chi connectivity index (χ0) is 13.1. The van der Waals surface area contributed by atoms with Crippen LogP contribution in [0.25, 0.3) is 0 Å². The Kier molecular flexibility index (Phi) is 4.15. The van der Waals surface area contributed by atoms with Crippen molar-refractivity contribution < 1.29 is 4.74 Å². The third-order valence-corrected chi connectivity index (χ3v) is 4.42. The molecule has 0 saturated carbocycles. The number of aromatic amines is 1. The van der Waals surface area contributed by atoms with Crippen molar-refractivity contribution in [2.75, 3.05) is 33.3 Å². The molecule has 0 aromatic carbocycles. The van der Waals surface area contributed by atoms with Crippen molar-refractivity contribution in [3.05, 3.63) is 18.0 Å². The van der Waals surface area contributed by atoms with E-state index in [1.807, 2.05) is 13.3 Å². The van der Waals surface area contributed by atoms with E-state index in [-0.39, 0.29) is 0 Å². The van der Waals surface area contributed by atoms with Crippen molar-refractivity contribution in [3.8, 4) is 0 Å². The first kappa shape index (κ1) is 13.1. The molecule has 19 heavy (non-hydrogen) atoms. The zero-order valence-corrected chi connectivity index (χ0v) is 11.7. The standard InChI is InChI=1S/C14H24N4O/c1-19-14-8-13(10-17-6-2-3-7-17)18(11-14)9-12-4-5-15-16-12/h4-5,13-14H,2-3,6-11H2,1H3,(H,15,16)/t13-,14-/m0/s1. The van der Waals surface area contributed by atoms with Crippen molar-refractivity contribution in [2.24, 2.45) is 0 Å². The summed E-state index contributed by atoms with van der Waals surface area (Å²) in [6.45, 7) is 5.72. The Morgan fingerprint density at radius 3 is 2.95 bits per heavy atom. The summed E-state index contributed by atoms with van der Waals surface area (Å²) in [5, 5.41) is 7.10. The van der Waals surface area contributed by atoms with Gasteiger partial charge in [0.25, 0.3) is 0 Å². The normalized spacial score (nSPS) is 29.3. The minimum atomic E-state index is 0.385. The third kappa shape index (κ3) is 3.16. The molecule has 1 aromatic rings. The van der Waals surface area contributed by atoms with E-state index in [2.05, 4.69) is 26.1 Å². The SMILES string of the molecule is CO[C@H]1C[C@@H](CN2CCCC2)N(Cc2ccn[nH]2)C1. The van der Waals surface area contributed by atoms with Crippen molar-refractivity contribution in [2.45, 2.75) is 38.0 Å². The molecular formula is C14H24N4O. The van der Waals surface area contributed by atoms with Crippen LogP contribution >= 0.6 is 0 Å². The lowest BCUT2D eigenvalue weighted by Crippen LogP contribution is -2.39. The molecule has 0 radical (unpaired) electrons. The van der Waals surface area contributed by atoms with Crippen LogP contribution in [0, 0.1) is 0 Å². The van der Waals surface area contributed by atoms with Gasteiger partial charge in [-0.15, -0.1) is 0 Å². The summed E-state index contributed by atoms with van der Waals surface area (Å²) in [5.41, 5.74) is 1.20. The van der Waals surface area contributed by atoms with E-state index in [9.17, 15) is 0 Å². The second-order valence-corrected chi connectivity index (χ2v) is 5.77. The lowest BCUT2D eigenvalue weighted by Gasteiger charge is -2.27. The summed E-state index contributed by atoms with van der Waals surface area (Å²) in [6.07, 6.45) is 6.09. The summed E-state index contributed by atoms with van der Waals surface area (Å²) < 4.78 is 5.57. The van der Waals surface area contributed by atoms with Crippen molar-refractivity contribution in [1.29, 1.82) is 0 Å². The summed E-state index contributed by atoms with van der Waals surface area (Å²) in [6, 6.07) is 2.68. The maximum absolute atomic E-state index is 5.57. The summed E-state index contributed by atoms with van der Waals surface area (Å²) in [5.74, 6) is 0. The van der Waals surface area contributed by atoms with E-state index in [1.54, 1.807) is 0 Å². The van der Waals surface area contributed by atoms with E-state index in [0.717, 1.165) is 19.5 Å². The van der Waals surface area contributed by atoms with Gasteiger partial charge >= 0.3 is 0 Å². The van der Waals surface area contributed by atoms with E-state index >= 15 is 0 Å². The smallest absolute Gasteiger partial charge is 0.0713 e. The van der Waals surface area contributed by atoms with E-state index in [1.165, 1.54) is 38.2 Å². The van der Waals surface area contributed by atoms with Gasteiger partial charge in [0.15, 0.2) is 0 Å². The molecule has 0 unspecified atom stereocenters. The molecule has 0 bridgehead atoms. The second kappa shape index (κ2) is 6.03. The monoisotopic (exact) mass is 264 g/mol. The van der Waals surface area contributed by atoms with Gasteiger partial charge < -0.3 is 9.64 Å². The molecule has 2 aliphatic heterocycles. The summed E-state index contributed by atoms with van der Waals surface area (Å²) in [4.78, 5) is 5.14. The fraction of sp³-hybridized carbons (Fsp3) is 0.786. The maximum Gasteiger partial charge on any atom is 0.0713 e. The molecule has 0 spiro atoms. The fourth-order valence-corrected chi connectivity index (χ4v) is 3.35. The molecule has 2 atom stereocenters. The summed E-state index contributed by atoms with van der Waals surface area (Å²) >= 11 is 0. The van der Waals surface area contributed by atoms with Crippen LogP contribution in [-0.2, 0) is 11.3 Å². The molecule has 0 amide bonds. The number of aromatic nitrogens is 2. The Hall–Kier alpha value is -0.910. The Balaban J connectivity index is 1.61. The van der Waals surface area contributed by atoms with Gasteiger partial charge in [-0.1, -0.05) is 0 Å². The minimum absolute atomic E-state index is 0.385.